The Bertz CT molecular complexity index is 655. The van der Waals surface area contributed by atoms with Crippen LogP contribution in [0.1, 0.15) is 79.1 Å². The monoisotopic (exact) mass is 418 g/mol. The molecule has 2 N–H and O–H groups in total. The first kappa shape index (κ1) is 22.1. The van der Waals surface area contributed by atoms with Gasteiger partial charge in [0, 0.05) is 31.0 Å². The first-order valence-electron chi connectivity index (χ1n) is 12.5. The van der Waals surface area contributed by atoms with Crippen molar-refractivity contribution < 1.29 is 14.7 Å². The molecule has 1 heterocycles. The maximum atomic E-state index is 13.2. The van der Waals surface area contributed by atoms with Gasteiger partial charge in [-0.3, -0.25) is 9.59 Å². The lowest BCUT2D eigenvalue weighted by Crippen LogP contribution is -2.59. The predicted molar refractivity (Wildman–Crippen MR) is 118 cm³/mol. The third kappa shape index (κ3) is 4.16. The van der Waals surface area contributed by atoms with Crippen molar-refractivity contribution in [3.05, 3.63) is 0 Å². The van der Waals surface area contributed by atoms with Crippen molar-refractivity contribution in [3.63, 3.8) is 0 Å². The zero-order chi connectivity index (χ0) is 21.6. The number of amides is 2. The van der Waals surface area contributed by atoms with Gasteiger partial charge in [-0.15, -0.1) is 0 Å². The molecule has 2 amide bonds. The zero-order valence-electron chi connectivity index (χ0n) is 19.4. The van der Waals surface area contributed by atoms with Crippen molar-refractivity contribution in [3.8, 4) is 0 Å². The molecule has 1 saturated heterocycles. The third-order valence-electron chi connectivity index (χ3n) is 9.29. The molecule has 0 aromatic rings. The molecule has 0 bridgehead atoms. The summed E-state index contributed by atoms with van der Waals surface area (Å²) in [6.45, 7) is 10.6. The molecule has 4 fully saturated rings. The molecule has 3 saturated carbocycles. The second-order valence-corrected chi connectivity index (χ2v) is 11.5. The minimum absolute atomic E-state index is 0.0234. The summed E-state index contributed by atoms with van der Waals surface area (Å²) < 4.78 is 0. The van der Waals surface area contributed by atoms with E-state index in [0.29, 0.717) is 5.92 Å². The molecule has 30 heavy (non-hydrogen) atoms. The summed E-state index contributed by atoms with van der Waals surface area (Å²) in [5.41, 5.74) is 0.111. The minimum Gasteiger partial charge on any atom is -0.392 e. The summed E-state index contributed by atoms with van der Waals surface area (Å²) in [6, 6.07) is 0.152. The number of carbonyl (C=O) groups excluding carboxylic acids is 2. The minimum atomic E-state index is -0.470. The first-order valence-corrected chi connectivity index (χ1v) is 12.5. The average molecular weight is 419 g/mol. The highest BCUT2D eigenvalue weighted by atomic mass is 16.3. The quantitative estimate of drug-likeness (QED) is 0.733. The van der Waals surface area contributed by atoms with Crippen LogP contribution in [-0.4, -0.2) is 47.1 Å². The average Bonchev–Trinajstić information content (AvgIpc) is 3.55. The molecule has 0 radical (unpaired) electrons. The van der Waals surface area contributed by atoms with E-state index < -0.39 is 6.10 Å². The van der Waals surface area contributed by atoms with Crippen LogP contribution in [0, 0.1) is 40.9 Å². The molecule has 7 unspecified atom stereocenters. The number of aliphatic hydroxyl groups excluding tert-OH is 1. The summed E-state index contributed by atoms with van der Waals surface area (Å²) >= 11 is 0. The highest BCUT2D eigenvalue weighted by Crippen LogP contribution is 2.55. The number of rotatable bonds is 4. The second kappa shape index (κ2) is 8.44. The zero-order valence-corrected chi connectivity index (χ0v) is 19.4. The smallest absolute Gasteiger partial charge is 0.225 e. The van der Waals surface area contributed by atoms with Crippen LogP contribution in [0.15, 0.2) is 0 Å². The molecular weight excluding hydrogens is 376 g/mol. The number of piperidine rings is 1. The lowest BCUT2D eigenvalue weighted by atomic mass is 9.51. The Morgan fingerprint density at radius 3 is 2.30 bits per heavy atom. The molecule has 0 aromatic carbocycles. The summed E-state index contributed by atoms with van der Waals surface area (Å²) in [6.07, 6.45) is 7.80. The topological polar surface area (TPSA) is 69.6 Å². The highest BCUT2D eigenvalue weighted by molar-refractivity contribution is 5.81. The molecule has 5 heteroatoms. The number of nitrogens with zero attached hydrogens (tertiary/aromatic N) is 1. The Morgan fingerprint density at radius 1 is 1.03 bits per heavy atom. The summed E-state index contributed by atoms with van der Waals surface area (Å²) in [5, 5.41) is 14.8. The van der Waals surface area contributed by atoms with Gasteiger partial charge in [0.2, 0.25) is 11.8 Å². The maximum absolute atomic E-state index is 13.2. The number of carbonyl (C=O) groups is 2. The summed E-state index contributed by atoms with van der Waals surface area (Å²) in [4.78, 5) is 27.6. The molecule has 4 rings (SSSR count). The number of nitrogens with one attached hydrogen (secondary N) is 1. The van der Waals surface area contributed by atoms with Crippen LogP contribution >= 0.6 is 0 Å². The normalized spacial score (nSPS) is 41.1. The molecular formula is C25H42N2O3. The van der Waals surface area contributed by atoms with Crippen molar-refractivity contribution >= 4 is 11.8 Å². The van der Waals surface area contributed by atoms with Gasteiger partial charge in [0.05, 0.1) is 6.10 Å². The SMILES string of the molecule is CC1CCN(C(=O)C(C)C2CCC3(C)CCC(NC(=O)C4CC4)C(C)C3C2O)CC1. The third-order valence-corrected chi connectivity index (χ3v) is 9.29. The van der Waals surface area contributed by atoms with Crippen LogP contribution in [-0.2, 0) is 9.59 Å². The molecule has 0 aromatic heterocycles. The molecule has 0 spiro atoms. The number of aliphatic hydroxyl groups is 1. The fourth-order valence-electron chi connectivity index (χ4n) is 6.84. The van der Waals surface area contributed by atoms with Gasteiger partial charge >= 0.3 is 0 Å². The van der Waals surface area contributed by atoms with Crippen molar-refractivity contribution in [2.45, 2.75) is 91.2 Å². The van der Waals surface area contributed by atoms with Gasteiger partial charge in [-0.2, -0.15) is 0 Å². The molecule has 1 aliphatic heterocycles. The van der Waals surface area contributed by atoms with Gasteiger partial charge in [-0.1, -0.05) is 27.7 Å². The van der Waals surface area contributed by atoms with E-state index in [1.165, 1.54) is 0 Å². The van der Waals surface area contributed by atoms with Crippen LogP contribution in [0.4, 0.5) is 0 Å². The second-order valence-electron chi connectivity index (χ2n) is 11.5. The number of hydrogen-bond donors (Lipinski definition) is 2. The van der Waals surface area contributed by atoms with E-state index in [1.54, 1.807) is 0 Å². The Hall–Kier alpha value is -1.10. The maximum Gasteiger partial charge on any atom is 0.225 e. The summed E-state index contributed by atoms with van der Waals surface area (Å²) in [7, 11) is 0. The number of likely N-dealkylation sites (tertiary alicyclic amines) is 1. The van der Waals surface area contributed by atoms with E-state index in [2.05, 4.69) is 26.1 Å². The van der Waals surface area contributed by atoms with Crippen LogP contribution < -0.4 is 5.32 Å². The van der Waals surface area contributed by atoms with Crippen molar-refractivity contribution in [2.75, 3.05) is 13.1 Å². The van der Waals surface area contributed by atoms with Gasteiger partial charge in [-0.25, -0.2) is 0 Å². The Balaban J connectivity index is 1.44. The van der Waals surface area contributed by atoms with Crippen LogP contribution in [0.2, 0.25) is 0 Å². The van der Waals surface area contributed by atoms with Crippen LogP contribution in [0.5, 0.6) is 0 Å². The van der Waals surface area contributed by atoms with Gasteiger partial charge in [0.25, 0.3) is 0 Å². The van der Waals surface area contributed by atoms with Crippen molar-refractivity contribution in [2.24, 2.45) is 40.9 Å². The lowest BCUT2D eigenvalue weighted by Gasteiger charge is -2.56. The van der Waals surface area contributed by atoms with E-state index in [9.17, 15) is 14.7 Å². The molecule has 4 aliphatic rings. The van der Waals surface area contributed by atoms with E-state index in [0.717, 1.165) is 64.5 Å². The van der Waals surface area contributed by atoms with E-state index >= 15 is 0 Å². The van der Waals surface area contributed by atoms with Gasteiger partial charge in [-0.05, 0) is 80.5 Å². The number of fused-ring (bicyclic) bond motifs is 1. The van der Waals surface area contributed by atoms with Crippen LogP contribution in [0.25, 0.3) is 0 Å². The molecule has 7 atom stereocenters. The van der Waals surface area contributed by atoms with Gasteiger partial charge in [0.15, 0.2) is 0 Å². The molecule has 3 aliphatic carbocycles. The summed E-state index contributed by atoms with van der Waals surface area (Å²) in [5.74, 6) is 1.64. The highest BCUT2D eigenvalue weighted by Gasteiger charge is 2.54. The van der Waals surface area contributed by atoms with E-state index in [4.69, 9.17) is 0 Å². The Kier molecular flexibility index (Phi) is 6.22. The Labute approximate surface area is 182 Å². The fourth-order valence-corrected chi connectivity index (χ4v) is 6.84. The van der Waals surface area contributed by atoms with Gasteiger partial charge in [0.1, 0.15) is 0 Å². The molecule has 170 valence electrons. The van der Waals surface area contributed by atoms with Crippen LogP contribution in [0.3, 0.4) is 0 Å². The van der Waals surface area contributed by atoms with Crippen molar-refractivity contribution in [1.82, 2.24) is 10.2 Å². The number of hydrogen-bond acceptors (Lipinski definition) is 3. The standard InChI is InChI=1S/C25H42N2O3/c1-15-9-13-27(14-10-15)24(30)16(2)19-7-11-25(4)12-8-20(17(3)21(25)22(19)28)26-23(29)18-5-6-18/h15-22,28H,5-14H2,1-4H3,(H,26,29). The first-order chi connectivity index (χ1) is 14.2. The van der Waals surface area contributed by atoms with E-state index in [1.807, 2.05) is 11.8 Å². The van der Waals surface area contributed by atoms with Gasteiger partial charge < -0.3 is 15.3 Å². The lowest BCUT2D eigenvalue weighted by molar-refractivity contribution is -0.152. The van der Waals surface area contributed by atoms with E-state index in [-0.39, 0.29) is 52.9 Å². The predicted octanol–water partition coefficient (Wildman–Crippen LogP) is 3.60. The fraction of sp³-hybridized carbons (Fsp3) is 0.920. The Morgan fingerprint density at radius 2 is 1.67 bits per heavy atom. The van der Waals surface area contributed by atoms with Crippen molar-refractivity contribution in [1.29, 1.82) is 0 Å². The molecule has 5 nitrogen and oxygen atoms in total. The largest absolute Gasteiger partial charge is 0.392 e.